The summed E-state index contributed by atoms with van der Waals surface area (Å²) in [5.41, 5.74) is 1.95. The lowest BCUT2D eigenvalue weighted by Gasteiger charge is -2.36. The highest BCUT2D eigenvalue weighted by molar-refractivity contribution is 5.94. The molecule has 30 heavy (non-hydrogen) atoms. The molecule has 0 bridgehead atoms. The second kappa shape index (κ2) is 10.5. The number of rotatable bonds is 7. The number of benzene rings is 2. The first-order chi connectivity index (χ1) is 14.8. The van der Waals surface area contributed by atoms with Gasteiger partial charge in [-0.25, -0.2) is 0 Å². The lowest BCUT2D eigenvalue weighted by Crippen LogP contribution is -2.48. The molecule has 4 rings (SSSR count). The molecule has 2 aliphatic rings. The molecule has 2 aromatic rings. The first-order valence-corrected chi connectivity index (χ1v) is 11.3. The lowest BCUT2D eigenvalue weighted by molar-refractivity contribution is 0.0746. The lowest BCUT2D eigenvalue weighted by atomic mass is 10.1. The van der Waals surface area contributed by atoms with Gasteiger partial charge in [0.05, 0.1) is 6.61 Å². The standard InChI is InChI=1S/C25H33N3O2/c29-25(22-9-3-1-4-10-22)28-18-16-27(17-19-28)23-11-7-12-24(21-23)30-20-8-15-26-13-5-2-6-14-26/h1,3-4,7,9-12,21H,2,5-6,8,13-20H2. The van der Waals surface area contributed by atoms with Crippen LogP contribution in [-0.4, -0.2) is 68.1 Å². The van der Waals surface area contributed by atoms with Gasteiger partial charge in [-0.2, -0.15) is 0 Å². The smallest absolute Gasteiger partial charge is 0.253 e. The SMILES string of the molecule is O=C(c1ccccc1)N1CCN(c2cccc(OCCCN3CCCCC3)c2)CC1. The molecule has 0 N–H and O–H groups in total. The molecule has 2 aliphatic heterocycles. The van der Waals surface area contributed by atoms with Crippen molar-refractivity contribution in [2.45, 2.75) is 25.7 Å². The summed E-state index contributed by atoms with van der Waals surface area (Å²) < 4.78 is 6.03. The molecule has 1 amide bonds. The van der Waals surface area contributed by atoms with Crippen LogP contribution in [0.3, 0.4) is 0 Å². The zero-order chi connectivity index (χ0) is 20.6. The number of amides is 1. The second-order valence-corrected chi connectivity index (χ2v) is 8.25. The van der Waals surface area contributed by atoms with Crippen molar-refractivity contribution in [2.75, 3.05) is 57.3 Å². The average molecular weight is 408 g/mol. The fourth-order valence-electron chi connectivity index (χ4n) is 4.36. The molecule has 0 aromatic heterocycles. The highest BCUT2D eigenvalue weighted by Gasteiger charge is 2.22. The van der Waals surface area contributed by atoms with Gasteiger partial charge in [-0.3, -0.25) is 4.79 Å². The molecular weight excluding hydrogens is 374 g/mol. The van der Waals surface area contributed by atoms with Crippen LogP contribution >= 0.6 is 0 Å². The summed E-state index contributed by atoms with van der Waals surface area (Å²) in [5.74, 6) is 1.06. The molecule has 2 aromatic carbocycles. The van der Waals surface area contributed by atoms with Crippen LogP contribution < -0.4 is 9.64 Å². The minimum atomic E-state index is 0.126. The van der Waals surface area contributed by atoms with Crippen molar-refractivity contribution in [1.29, 1.82) is 0 Å². The summed E-state index contributed by atoms with van der Waals surface area (Å²) in [6.45, 7) is 7.57. The van der Waals surface area contributed by atoms with E-state index in [4.69, 9.17) is 4.74 Å². The van der Waals surface area contributed by atoms with Crippen molar-refractivity contribution in [1.82, 2.24) is 9.80 Å². The monoisotopic (exact) mass is 407 g/mol. The Bertz CT molecular complexity index is 797. The maximum absolute atomic E-state index is 12.6. The molecule has 5 nitrogen and oxygen atoms in total. The third-order valence-corrected chi connectivity index (χ3v) is 6.11. The van der Waals surface area contributed by atoms with Crippen LogP contribution in [0.15, 0.2) is 54.6 Å². The highest BCUT2D eigenvalue weighted by Crippen LogP contribution is 2.23. The molecule has 0 aliphatic carbocycles. The summed E-state index contributed by atoms with van der Waals surface area (Å²) in [5, 5.41) is 0. The van der Waals surface area contributed by atoms with Gasteiger partial charge in [-0.05, 0) is 56.6 Å². The number of nitrogens with zero attached hydrogens (tertiary/aromatic N) is 3. The predicted octanol–water partition coefficient (Wildman–Crippen LogP) is 3.90. The molecular formula is C25H33N3O2. The fraction of sp³-hybridized carbons (Fsp3) is 0.480. The largest absolute Gasteiger partial charge is 0.493 e. The molecule has 0 spiro atoms. The van der Waals surface area contributed by atoms with Crippen LogP contribution in [0.4, 0.5) is 5.69 Å². The third kappa shape index (κ3) is 5.54. The zero-order valence-corrected chi connectivity index (χ0v) is 17.8. The van der Waals surface area contributed by atoms with E-state index in [9.17, 15) is 4.79 Å². The van der Waals surface area contributed by atoms with Crippen molar-refractivity contribution >= 4 is 11.6 Å². The molecule has 2 fully saturated rings. The fourth-order valence-corrected chi connectivity index (χ4v) is 4.36. The molecule has 2 saturated heterocycles. The van der Waals surface area contributed by atoms with Crippen LogP contribution in [0.2, 0.25) is 0 Å². The van der Waals surface area contributed by atoms with Gasteiger partial charge in [0.2, 0.25) is 0 Å². The van der Waals surface area contributed by atoms with E-state index in [0.717, 1.165) is 57.1 Å². The number of carbonyl (C=O) groups is 1. The maximum atomic E-state index is 12.6. The van der Waals surface area contributed by atoms with E-state index in [1.54, 1.807) is 0 Å². The number of hydrogen-bond acceptors (Lipinski definition) is 4. The number of piperidine rings is 1. The minimum Gasteiger partial charge on any atom is -0.493 e. The van der Waals surface area contributed by atoms with E-state index < -0.39 is 0 Å². The highest BCUT2D eigenvalue weighted by atomic mass is 16.5. The van der Waals surface area contributed by atoms with Gasteiger partial charge >= 0.3 is 0 Å². The van der Waals surface area contributed by atoms with Gasteiger partial charge in [0.1, 0.15) is 5.75 Å². The van der Waals surface area contributed by atoms with E-state index in [1.807, 2.05) is 41.3 Å². The van der Waals surface area contributed by atoms with Crippen LogP contribution in [0, 0.1) is 0 Å². The molecule has 2 heterocycles. The normalized spacial score (nSPS) is 17.7. The molecule has 0 radical (unpaired) electrons. The number of ether oxygens (including phenoxy) is 1. The van der Waals surface area contributed by atoms with Crippen LogP contribution in [0.25, 0.3) is 0 Å². The van der Waals surface area contributed by atoms with Crippen molar-refractivity contribution in [3.63, 3.8) is 0 Å². The van der Waals surface area contributed by atoms with E-state index in [2.05, 4.69) is 28.0 Å². The van der Waals surface area contributed by atoms with Gasteiger partial charge in [0, 0.05) is 50.0 Å². The van der Waals surface area contributed by atoms with Crippen molar-refractivity contribution in [3.05, 3.63) is 60.2 Å². The first-order valence-electron chi connectivity index (χ1n) is 11.3. The Hall–Kier alpha value is -2.53. The van der Waals surface area contributed by atoms with Gasteiger partial charge in [0.25, 0.3) is 5.91 Å². The molecule has 0 atom stereocenters. The van der Waals surface area contributed by atoms with Gasteiger partial charge in [0.15, 0.2) is 0 Å². The van der Waals surface area contributed by atoms with Crippen molar-refractivity contribution in [3.8, 4) is 5.75 Å². The quantitative estimate of drug-likeness (QED) is 0.652. The topological polar surface area (TPSA) is 36.0 Å². The number of piperazine rings is 1. The zero-order valence-electron chi connectivity index (χ0n) is 17.8. The summed E-state index contributed by atoms with van der Waals surface area (Å²) >= 11 is 0. The summed E-state index contributed by atoms with van der Waals surface area (Å²) in [6.07, 6.45) is 5.14. The van der Waals surface area contributed by atoms with Crippen molar-refractivity contribution < 1.29 is 9.53 Å². The van der Waals surface area contributed by atoms with Gasteiger partial charge in [-0.15, -0.1) is 0 Å². The third-order valence-electron chi connectivity index (χ3n) is 6.11. The minimum absolute atomic E-state index is 0.126. The maximum Gasteiger partial charge on any atom is 0.253 e. The Morgan fingerprint density at radius 2 is 1.60 bits per heavy atom. The molecule has 160 valence electrons. The molecule has 5 heteroatoms. The van der Waals surface area contributed by atoms with Crippen LogP contribution in [-0.2, 0) is 0 Å². The van der Waals surface area contributed by atoms with E-state index >= 15 is 0 Å². The van der Waals surface area contributed by atoms with E-state index in [-0.39, 0.29) is 5.91 Å². The summed E-state index contributed by atoms with van der Waals surface area (Å²) in [7, 11) is 0. The van der Waals surface area contributed by atoms with E-state index in [0.29, 0.717) is 0 Å². The number of hydrogen-bond donors (Lipinski definition) is 0. The number of carbonyl (C=O) groups excluding carboxylic acids is 1. The Balaban J connectivity index is 1.23. The Morgan fingerprint density at radius 3 is 2.37 bits per heavy atom. The van der Waals surface area contributed by atoms with Crippen LogP contribution in [0.1, 0.15) is 36.0 Å². The predicted molar refractivity (Wildman–Crippen MR) is 121 cm³/mol. The number of anilines is 1. The van der Waals surface area contributed by atoms with E-state index in [1.165, 1.54) is 38.0 Å². The second-order valence-electron chi connectivity index (χ2n) is 8.25. The number of likely N-dealkylation sites (tertiary alicyclic amines) is 1. The Morgan fingerprint density at radius 1 is 0.833 bits per heavy atom. The summed E-state index contributed by atoms with van der Waals surface area (Å²) in [6, 6.07) is 17.9. The molecule has 0 saturated carbocycles. The average Bonchev–Trinajstić information content (AvgIpc) is 2.83. The van der Waals surface area contributed by atoms with Crippen molar-refractivity contribution in [2.24, 2.45) is 0 Å². The summed E-state index contributed by atoms with van der Waals surface area (Å²) in [4.78, 5) is 19.5. The van der Waals surface area contributed by atoms with Crippen LogP contribution in [0.5, 0.6) is 5.75 Å². The van der Waals surface area contributed by atoms with Gasteiger partial charge < -0.3 is 19.4 Å². The first kappa shape index (κ1) is 20.7. The van der Waals surface area contributed by atoms with Gasteiger partial charge in [-0.1, -0.05) is 30.7 Å². The molecule has 0 unspecified atom stereocenters. The Labute approximate surface area is 180 Å². The Kier molecular flexibility index (Phi) is 7.25.